The van der Waals surface area contributed by atoms with Gasteiger partial charge < -0.3 is 10.2 Å². The Bertz CT molecular complexity index is 599. The lowest BCUT2D eigenvalue weighted by Crippen LogP contribution is -2.16. The topological polar surface area (TPSA) is 39.2 Å². The van der Waals surface area contributed by atoms with Gasteiger partial charge in [0, 0.05) is 5.56 Å². The van der Waals surface area contributed by atoms with E-state index in [0.717, 1.165) is 17.1 Å². The average Bonchev–Trinajstić information content (AvgIpc) is 2.51. The van der Waals surface area contributed by atoms with Gasteiger partial charge in [0.05, 0.1) is 6.04 Å². The minimum atomic E-state index is -0.113. The SMILES string of the molecule is Cc1cc(C)c(C(N)c2c(C)oc(C)c2C)c(C)c1. The molecule has 2 nitrogen and oxygen atoms in total. The number of aryl methyl sites for hydroxylation is 5. The smallest absolute Gasteiger partial charge is 0.106 e. The monoisotopic (exact) mass is 257 g/mol. The van der Waals surface area contributed by atoms with E-state index in [1.54, 1.807) is 0 Å². The van der Waals surface area contributed by atoms with Gasteiger partial charge in [-0.1, -0.05) is 17.7 Å². The highest BCUT2D eigenvalue weighted by atomic mass is 16.3. The fourth-order valence-electron chi connectivity index (χ4n) is 3.09. The number of rotatable bonds is 2. The third-order valence-corrected chi connectivity index (χ3v) is 3.98. The first-order valence-electron chi connectivity index (χ1n) is 6.72. The van der Waals surface area contributed by atoms with Crippen molar-refractivity contribution in [2.75, 3.05) is 0 Å². The van der Waals surface area contributed by atoms with Crippen molar-refractivity contribution in [3.8, 4) is 0 Å². The van der Waals surface area contributed by atoms with E-state index >= 15 is 0 Å². The molecule has 1 aromatic heterocycles. The van der Waals surface area contributed by atoms with Crippen molar-refractivity contribution in [3.05, 3.63) is 57.0 Å². The Balaban J connectivity index is 2.59. The minimum Gasteiger partial charge on any atom is -0.466 e. The van der Waals surface area contributed by atoms with Gasteiger partial charge in [-0.3, -0.25) is 0 Å². The Morgan fingerprint density at radius 3 is 1.79 bits per heavy atom. The Hall–Kier alpha value is -1.54. The van der Waals surface area contributed by atoms with Crippen LogP contribution in [0.5, 0.6) is 0 Å². The summed E-state index contributed by atoms with van der Waals surface area (Å²) < 4.78 is 5.71. The molecular formula is C17H23NO. The Kier molecular flexibility index (Phi) is 3.55. The van der Waals surface area contributed by atoms with Gasteiger partial charge in [-0.15, -0.1) is 0 Å². The van der Waals surface area contributed by atoms with Gasteiger partial charge in [0.25, 0.3) is 0 Å². The fourth-order valence-corrected chi connectivity index (χ4v) is 3.09. The van der Waals surface area contributed by atoms with Crippen LogP contribution in [0.2, 0.25) is 0 Å². The molecule has 1 heterocycles. The van der Waals surface area contributed by atoms with Crippen LogP contribution < -0.4 is 5.73 Å². The van der Waals surface area contributed by atoms with E-state index in [4.69, 9.17) is 10.2 Å². The summed E-state index contributed by atoms with van der Waals surface area (Å²) in [6.45, 7) is 12.5. The molecule has 0 aliphatic carbocycles. The van der Waals surface area contributed by atoms with Crippen LogP contribution in [0.3, 0.4) is 0 Å². The Morgan fingerprint density at radius 1 is 0.842 bits per heavy atom. The third kappa shape index (κ3) is 2.33. The van der Waals surface area contributed by atoms with Crippen molar-refractivity contribution in [2.45, 2.75) is 47.6 Å². The zero-order chi connectivity index (χ0) is 14.3. The van der Waals surface area contributed by atoms with E-state index in [2.05, 4.69) is 39.8 Å². The third-order valence-electron chi connectivity index (χ3n) is 3.98. The number of hydrogen-bond acceptors (Lipinski definition) is 2. The van der Waals surface area contributed by atoms with Crippen LogP contribution >= 0.6 is 0 Å². The molecule has 0 spiro atoms. The maximum absolute atomic E-state index is 6.52. The molecule has 2 rings (SSSR count). The molecule has 1 atom stereocenters. The largest absolute Gasteiger partial charge is 0.466 e. The normalized spacial score (nSPS) is 12.8. The zero-order valence-electron chi connectivity index (χ0n) is 12.7. The summed E-state index contributed by atoms with van der Waals surface area (Å²) in [5, 5.41) is 0. The second-order valence-electron chi connectivity index (χ2n) is 5.54. The first kappa shape index (κ1) is 13.9. The number of nitrogens with two attached hydrogens (primary N) is 1. The number of hydrogen-bond donors (Lipinski definition) is 1. The molecule has 0 saturated carbocycles. The predicted molar refractivity (Wildman–Crippen MR) is 79.6 cm³/mol. The standard InChI is InChI=1S/C17H23NO/c1-9-7-10(2)15(11(3)8-9)17(18)16-12(4)13(5)19-14(16)6/h7-8,17H,18H2,1-6H3. The van der Waals surface area contributed by atoms with Crippen LogP contribution in [0.25, 0.3) is 0 Å². The maximum atomic E-state index is 6.52. The first-order chi connectivity index (χ1) is 8.82. The summed E-state index contributed by atoms with van der Waals surface area (Å²) >= 11 is 0. The minimum absolute atomic E-state index is 0.113. The second-order valence-corrected chi connectivity index (χ2v) is 5.54. The molecule has 102 valence electrons. The van der Waals surface area contributed by atoms with E-state index in [0.29, 0.717) is 0 Å². The van der Waals surface area contributed by atoms with Crippen LogP contribution in [0.1, 0.15) is 50.9 Å². The molecule has 2 aromatic rings. The highest BCUT2D eigenvalue weighted by molar-refractivity contribution is 5.47. The van der Waals surface area contributed by atoms with E-state index in [9.17, 15) is 0 Å². The van der Waals surface area contributed by atoms with Gasteiger partial charge in [0.1, 0.15) is 11.5 Å². The summed E-state index contributed by atoms with van der Waals surface area (Å²) in [6.07, 6.45) is 0. The Morgan fingerprint density at radius 2 is 1.37 bits per heavy atom. The van der Waals surface area contributed by atoms with Gasteiger partial charge in [0.2, 0.25) is 0 Å². The molecule has 0 bridgehead atoms. The first-order valence-corrected chi connectivity index (χ1v) is 6.72. The summed E-state index contributed by atoms with van der Waals surface area (Å²) in [6, 6.07) is 4.28. The highest BCUT2D eigenvalue weighted by Gasteiger charge is 2.22. The molecule has 2 heteroatoms. The molecule has 1 aromatic carbocycles. The molecule has 0 amide bonds. The van der Waals surface area contributed by atoms with Gasteiger partial charge in [0.15, 0.2) is 0 Å². The summed E-state index contributed by atoms with van der Waals surface area (Å²) in [5.74, 6) is 1.90. The van der Waals surface area contributed by atoms with Crippen LogP contribution in [0.15, 0.2) is 16.5 Å². The van der Waals surface area contributed by atoms with Crippen molar-refractivity contribution in [1.29, 1.82) is 0 Å². The van der Waals surface area contributed by atoms with Gasteiger partial charge in [-0.25, -0.2) is 0 Å². The Labute approximate surface area is 115 Å². The van der Waals surface area contributed by atoms with Crippen molar-refractivity contribution >= 4 is 0 Å². The van der Waals surface area contributed by atoms with E-state index < -0.39 is 0 Å². The van der Waals surface area contributed by atoms with Crippen LogP contribution in [-0.2, 0) is 0 Å². The molecule has 19 heavy (non-hydrogen) atoms. The lowest BCUT2D eigenvalue weighted by Gasteiger charge is -2.19. The van der Waals surface area contributed by atoms with Crippen molar-refractivity contribution in [3.63, 3.8) is 0 Å². The highest BCUT2D eigenvalue weighted by Crippen LogP contribution is 2.33. The lowest BCUT2D eigenvalue weighted by molar-refractivity contribution is 0.498. The molecule has 2 N–H and O–H groups in total. The molecule has 0 aliphatic rings. The van der Waals surface area contributed by atoms with Gasteiger partial charge >= 0.3 is 0 Å². The van der Waals surface area contributed by atoms with E-state index in [1.165, 1.54) is 27.8 Å². The van der Waals surface area contributed by atoms with Gasteiger partial charge in [-0.05, 0) is 63.8 Å². The van der Waals surface area contributed by atoms with Gasteiger partial charge in [-0.2, -0.15) is 0 Å². The fraction of sp³-hybridized carbons (Fsp3) is 0.412. The predicted octanol–water partition coefficient (Wildman–Crippen LogP) is 4.18. The van der Waals surface area contributed by atoms with E-state index in [-0.39, 0.29) is 6.04 Å². The molecule has 0 fully saturated rings. The van der Waals surface area contributed by atoms with E-state index in [1.807, 2.05) is 13.8 Å². The molecule has 0 saturated heterocycles. The molecule has 0 radical (unpaired) electrons. The molecular weight excluding hydrogens is 234 g/mol. The lowest BCUT2D eigenvalue weighted by atomic mass is 9.89. The summed E-state index contributed by atoms with van der Waals surface area (Å²) in [7, 11) is 0. The second kappa shape index (κ2) is 4.86. The maximum Gasteiger partial charge on any atom is 0.106 e. The van der Waals surface area contributed by atoms with Crippen molar-refractivity contribution in [2.24, 2.45) is 5.73 Å². The van der Waals surface area contributed by atoms with Crippen LogP contribution in [-0.4, -0.2) is 0 Å². The average molecular weight is 257 g/mol. The number of furan rings is 1. The van der Waals surface area contributed by atoms with Crippen molar-refractivity contribution in [1.82, 2.24) is 0 Å². The van der Waals surface area contributed by atoms with Crippen molar-refractivity contribution < 1.29 is 4.42 Å². The summed E-state index contributed by atoms with van der Waals surface area (Å²) in [4.78, 5) is 0. The number of benzene rings is 1. The quantitative estimate of drug-likeness (QED) is 0.876. The van der Waals surface area contributed by atoms with Crippen LogP contribution in [0.4, 0.5) is 0 Å². The van der Waals surface area contributed by atoms with Crippen LogP contribution in [0, 0.1) is 41.5 Å². The zero-order valence-corrected chi connectivity index (χ0v) is 12.7. The molecule has 0 aliphatic heterocycles. The molecule has 1 unspecified atom stereocenters. The summed E-state index contributed by atoms with van der Waals surface area (Å²) in [5.41, 5.74) is 13.8.